The zero-order chi connectivity index (χ0) is 11.1. The van der Waals surface area contributed by atoms with Gasteiger partial charge in [-0.15, -0.1) is 11.8 Å². The van der Waals surface area contributed by atoms with Crippen LogP contribution in [-0.2, 0) is 0 Å². The van der Waals surface area contributed by atoms with Crippen LogP contribution in [0.4, 0.5) is 0 Å². The number of rotatable bonds is 6. The quantitative estimate of drug-likeness (QED) is 0.594. The minimum absolute atomic E-state index is 0.0316. The van der Waals surface area contributed by atoms with Crippen LogP contribution in [0.15, 0.2) is 23.2 Å². The largest absolute Gasteiger partial charge is 0.323 e. The maximum absolute atomic E-state index is 5.73. The lowest BCUT2D eigenvalue weighted by molar-refractivity contribution is 0.774. The molecule has 1 atom stereocenters. The Morgan fingerprint density at radius 2 is 2.20 bits per heavy atom. The number of unbranched alkanes of at least 4 members (excludes halogenated alkanes) is 2. The Hall–Kier alpha value is -0.540. The SMILES string of the molecule is CCCCCSc1ccc(C(C)N)nc1. The van der Waals surface area contributed by atoms with E-state index >= 15 is 0 Å². The molecule has 1 aromatic rings. The second-order valence-electron chi connectivity index (χ2n) is 3.76. The molecule has 0 amide bonds. The fraction of sp³-hybridized carbons (Fsp3) is 0.583. The van der Waals surface area contributed by atoms with Gasteiger partial charge in [-0.1, -0.05) is 19.8 Å². The highest BCUT2D eigenvalue weighted by molar-refractivity contribution is 7.99. The van der Waals surface area contributed by atoms with Crippen molar-refractivity contribution in [2.24, 2.45) is 5.73 Å². The van der Waals surface area contributed by atoms with E-state index in [2.05, 4.69) is 18.0 Å². The van der Waals surface area contributed by atoms with Crippen molar-refractivity contribution in [1.82, 2.24) is 4.98 Å². The monoisotopic (exact) mass is 224 g/mol. The first-order valence-corrected chi connectivity index (χ1v) is 6.57. The number of nitrogens with zero attached hydrogens (tertiary/aromatic N) is 1. The normalized spacial score (nSPS) is 12.7. The molecule has 0 saturated carbocycles. The summed E-state index contributed by atoms with van der Waals surface area (Å²) >= 11 is 1.88. The Labute approximate surface area is 96.7 Å². The third-order valence-corrected chi connectivity index (χ3v) is 3.31. The van der Waals surface area contributed by atoms with Gasteiger partial charge in [-0.05, 0) is 31.2 Å². The van der Waals surface area contributed by atoms with E-state index in [0.717, 1.165) is 5.69 Å². The minimum Gasteiger partial charge on any atom is -0.323 e. The summed E-state index contributed by atoms with van der Waals surface area (Å²) in [5.74, 6) is 1.19. The van der Waals surface area contributed by atoms with Crippen molar-refractivity contribution in [3.05, 3.63) is 24.0 Å². The zero-order valence-corrected chi connectivity index (χ0v) is 10.4. The molecule has 0 aromatic carbocycles. The van der Waals surface area contributed by atoms with Crippen LogP contribution in [0.25, 0.3) is 0 Å². The van der Waals surface area contributed by atoms with Crippen molar-refractivity contribution in [3.8, 4) is 0 Å². The summed E-state index contributed by atoms with van der Waals surface area (Å²) in [4.78, 5) is 5.58. The third-order valence-electron chi connectivity index (χ3n) is 2.24. The van der Waals surface area contributed by atoms with Gasteiger partial charge in [0, 0.05) is 17.1 Å². The summed E-state index contributed by atoms with van der Waals surface area (Å²) in [6, 6.07) is 4.17. The Kier molecular flexibility index (Phi) is 5.73. The minimum atomic E-state index is 0.0316. The maximum Gasteiger partial charge on any atom is 0.0569 e. The number of pyridine rings is 1. The van der Waals surface area contributed by atoms with Crippen LogP contribution in [0, 0.1) is 0 Å². The van der Waals surface area contributed by atoms with Crippen LogP contribution >= 0.6 is 11.8 Å². The maximum atomic E-state index is 5.73. The van der Waals surface area contributed by atoms with Gasteiger partial charge in [-0.2, -0.15) is 0 Å². The van der Waals surface area contributed by atoms with E-state index in [0.29, 0.717) is 0 Å². The lowest BCUT2D eigenvalue weighted by atomic mass is 10.2. The first-order chi connectivity index (χ1) is 7.24. The molecule has 1 rings (SSSR count). The Balaban J connectivity index is 2.36. The summed E-state index contributed by atoms with van der Waals surface area (Å²) in [7, 11) is 0. The Bertz CT molecular complexity index is 269. The van der Waals surface area contributed by atoms with Crippen molar-refractivity contribution in [2.75, 3.05) is 5.75 Å². The van der Waals surface area contributed by atoms with Crippen molar-refractivity contribution >= 4 is 11.8 Å². The molecule has 0 aliphatic rings. The van der Waals surface area contributed by atoms with Gasteiger partial charge in [0.15, 0.2) is 0 Å². The molecule has 84 valence electrons. The summed E-state index contributed by atoms with van der Waals surface area (Å²) < 4.78 is 0. The van der Waals surface area contributed by atoms with Gasteiger partial charge in [0.05, 0.1) is 5.69 Å². The fourth-order valence-corrected chi connectivity index (χ4v) is 2.16. The molecule has 0 radical (unpaired) electrons. The lowest BCUT2D eigenvalue weighted by Crippen LogP contribution is -2.06. The highest BCUT2D eigenvalue weighted by atomic mass is 32.2. The second-order valence-corrected chi connectivity index (χ2v) is 4.93. The summed E-state index contributed by atoms with van der Waals surface area (Å²) in [6.07, 6.45) is 5.81. The second kappa shape index (κ2) is 6.85. The predicted octanol–water partition coefficient (Wildman–Crippen LogP) is 3.38. The number of aromatic nitrogens is 1. The zero-order valence-electron chi connectivity index (χ0n) is 9.57. The molecule has 1 unspecified atom stereocenters. The van der Waals surface area contributed by atoms with Crippen LogP contribution < -0.4 is 5.73 Å². The molecule has 0 aliphatic heterocycles. The van der Waals surface area contributed by atoms with Crippen molar-refractivity contribution < 1.29 is 0 Å². The van der Waals surface area contributed by atoms with E-state index in [4.69, 9.17) is 5.73 Å². The van der Waals surface area contributed by atoms with Gasteiger partial charge in [0.2, 0.25) is 0 Å². The standard InChI is InChI=1S/C12H20N2S/c1-3-4-5-8-15-11-6-7-12(10(2)13)14-9-11/h6-7,9-10H,3-5,8,13H2,1-2H3. The van der Waals surface area contributed by atoms with Gasteiger partial charge < -0.3 is 5.73 Å². The smallest absolute Gasteiger partial charge is 0.0569 e. The highest BCUT2D eigenvalue weighted by Crippen LogP contribution is 2.19. The van der Waals surface area contributed by atoms with E-state index in [1.54, 1.807) is 0 Å². The van der Waals surface area contributed by atoms with E-state index < -0.39 is 0 Å². The topological polar surface area (TPSA) is 38.9 Å². The van der Waals surface area contributed by atoms with E-state index in [1.807, 2.05) is 30.9 Å². The molecule has 1 heterocycles. The van der Waals surface area contributed by atoms with E-state index in [1.165, 1.54) is 29.9 Å². The molecule has 0 spiro atoms. The van der Waals surface area contributed by atoms with Gasteiger partial charge in [0.1, 0.15) is 0 Å². The van der Waals surface area contributed by atoms with Crippen molar-refractivity contribution in [3.63, 3.8) is 0 Å². The molecule has 3 heteroatoms. The highest BCUT2D eigenvalue weighted by Gasteiger charge is 2.00. The van der Waals surface area contributed by atoms with E-state index in [-0.39, 0.29) is 6.04 Å². The molecule has 2 nitrogen and oxygen atoms in total. The first-order valence-electron chi connectivity index (χ1n) is 5.58. The molecule has 2 N–H and O–H groups in total. The molecule has 1 aromatic heterocycles. The summed E-state index contributed by atoms with van der Waals surface area (Å²) in [5, 5.41) is 0. The van der Waals surface area contributed by atoms with Gasteiger partial charge >= 0.3 is 0 Å². The fourth-order valence-electron chi connectivity index (χ4n) is 1.29. The van der Waals surface area contributed by atoms with Crippen LogP contribution in [0.5, 0.6) is 0 Å². The Morgan fingerprint density at radius 1 is 1.40 bits per heavy atom. The van der Waals surface area contributed by atoms with Gasteiger partial charge in [0.25, 0.3) is 0 Å². The van der Waals surface area contributed by atoms with Crippen molar-refractivity contribution in [2.45, 2.75) is 44.0 Å². The molecular weight excluding hydrogens is 204 g/mol. The predicted molar refractivity (Wildman–Crippen MR) is 67.1 cm³/mol. The van der Waals surface area contributed by atoms with Crippen LogP contribution in [-0.4, -0.2) is 10.7 Å². The number of nitrogens with two attached hydrogens (primary N) is 1. The third kappa shape index (κ3) is 4.67. The van der Waals surface area contributed by atoms with Gasteiger partial charge in [-0.25, -0.2) is 0 Å². The molecule has 0 fully saturated rings. The number of hydrogen-bond donors (Lipinski definition) is 1. The number of thioether (sulfide) groups is 1. The molecule has 0 aliphatic carbocycles. The lowest BCUT2D eigenvalue weighted by Gasteiger charge is -2.05. The van der Waals surface area contributed by atoms with E-state index in [9.17, 15) is 0 Å². The van der Waals surface area contributed by atoms with Gasteiger partial charge in [-0.3, -0.25) is 4.98 Å². The molecule has 0 bridgehead atoms. The van der Waals surface area contributed by atoms with Crippen LogP contribution in [0.1, 0.15) is 44.8 Å². The summed E-state index contributed by atoms with van der Waals surface area (Å²) in [5.41, 5.74) is 6.70. The van der Waals surface area contributed by atoms with Crippen molar-refractivity contribution in [1.29, 1.82) is 0 Å². The number of hydrogen-bond acceptors (Lipinski definition) is 3. The van der Waals surface area contributed by atoms with Crippen LogP contribution in [0.3, 0.4) is 0 Å². The molecular formula is C12H20N2S. The summed E-state index contributed by atoms with van der Waals surface area (Å²) in [6.45, 7) is 4.18. The first kappa shape index (κ1) is 12.5. The average molecular weight is 224 g/mol. The molecule has 0 saturated heterocycles. The Morgan fingerprint density at radius 3 is 2.73 bits per heavy atom. The van der Waals surface area contributed by atoms with Crippen LogP contribution in [0.2, 0.25) is 0 Å². The average Bonchev–Trinajstić information content (AvgIpc) is 2.25. The molecule has 15 heavy (non-hydrogen) atoms.